The monoisotopic (exact) mass is 281 g/mol. The first kappa shape index (κ1) is 14.3. The zero-order valence-corrected chi connectivity index (χ0v) is 11.1. The number of hydrogen-bond donors (Lipinski definition) is 2. The summed E-state index contributed by atoms with van der Waals surface area (Å²) in [6.07, 6.45) is 1.79. The van der Waals surface area contributed by atoms with E-state index in [9.17, 15) is 14.0 Å². The fourth-order valence-corrected chi connectivity index (χ4v) is 2.54. The Bertz CT molecular complexity index is 532. The molecule has 0 radical (unpaired) electrons. The SMILES string of the molecule is COc1cc(NC(=O)[C@@H]2CCC[C@@H]2C(=O)O)ccc1F. The number of anilines is 1. The van der Waals surface area contributed by atoms with Crippen LogP contribution in [0.3, 0.4) is 0 Å². The number of amides is 1. The number of methoxy groups -OCH3 is 1. The summed E-state index contributed by atoms with van der Waals surface area (Å²) in [5, 5.41) is 11.7. The lowest BCUT2D eigenvalue weighted by molar-refractivity contribution is -0.145. The van der Waals surface area contributed by atoms with Crippen LogP contribution in [0.25, 0.3) is 0 Å². The average Bonchev–Trinajstić information content (AvgIpc) is 2.90. The second kappa shape index (κ2) is 5.90. The molecule has 0 heterocycles. The van der Waals surface area contributed by atoms with Gasteiger partial charge < -0.3 is 15.2 Å². The normalized spacial score (nSPS) is 21.5. The molecule has 1 aromatic carbocycles. The van der Waals surface area contributed by atoms with Crippen LogP contribution in [0.2, 0.25) is 0 Å². The van der Waals surface area contributed by atoms with Gasteiger partial charge in [-0.05, 0) is 25.0 Å². The lowest BCUT2D eigenvalue weighted by Gasteiger charge is -2.16. The first-order valence-electron chi connectivity index (χ1n) is 6.40. The zero-order valence-electron chi connectivity index (χ0n) is 11.1. The fraction of sp³-hybridized carbons (Fsp3) is 0.429. The van der Waals surface area contributed by atoms with Crippen molar-refractivity contribution in [3.8, 4) is 5.75 Å². The third-order valence-corrected chi connectivity index (χ3v) is 3.59. The second-order valence-electron chi connectivity index (χ2n) is 4.82. The van der Waals surface area contributed by atoms with E-state index in [4.69, 9.17) is 9.84 Å². The number of carboxylic acids is 1. The molecule has 0 unspecified atom stereocenters. The molecule has 0 spiro atoms. The van der Waals surface area contributed by atoms with Gasteiger partial charge in [-0.25, -0.2) is 4.39 Å². The van der Waals surface area contributed by atoms with E-state index in [2.05, 4.69) is 5.32 Å². The van der Waals surface area contributed by atoms with E-state index in [0.717, 1.165) is 6.42 Å². The highest BCUT2D eigenvalue weighted by Gasteiger charge is 2.37. The Morgan fingerprint density at radius 3 is 2.70 bits per heavy atom. The minimum atomic E-state index is -0.945. The molecule has 1 aromatic rings. The molecule has 2 rings (SSSR count). The summed E-state index contributed by atoms with van der Waals surface area (Å²) >= 11 is 0. The van der Waals surface area contributed by atoms with Crippen molar-refractivity contribution in [3.63, 3.8) is 0 Å². The number of ether oxygens (including phenoxy) is 1. The summed E-state index contributed by atoms with van der Waals surface area (Å²) in [6.45, 7) is 0. The standard InChI is InChI=1S/C14H16FNO4/c1-20-12-7-8(5-6-11(12)15)16-13(17)9-3-2-4-10(9)14(18)19/h5-7,9-10H,2-4H2,1H3,(H,16,17)(H,18,19)/t9-,10+/m1/s1. The van der Waals surface area contributed by atoms with Gasteiger partial charge in [0.05, 0.1) is 18.9 Å². The predicted molar refractivity (Wildman–Crippen MR) is 70.0 cm³/mol. The van der Waals surface area contributed by atoms with Crippen molar-refractivity contribution in [2.75, 3.05) is 12.4 Å². The van der Waals surface area contributed by atoms with Crippen LogP contribution < -0.4 is 10.1 Å². The van der Waals surface area contributed by atoms with Gasteiger partial charge in [-0.3, -0.25) is 9.59 Å². The summed E-state index contributed by atoms with van der Waals surface area (Å²) < 4.78 is 18.1. The molecule has 20 heavy (non-hydrogen) atoms. The Labute approximate surface area is 115 Å². The van der Waals surface area contributed by atoms with Crippen molar-refractivity contribution in [2.24, 2.45) is 11.8 Å². The molecular formula is C14H16FNO4. The molecule has 1 fully saturated rings. The van der Waals surface area contributed by atoms with E-state index in [1.807, 2.05) is 0 Å². The number of halogens is 1. The minimum Gasteiger partial charge on any atom is -0.494 e. The predicted octanol–water partition coefficient (Wildman–Crippen LogP) is 2.27. The first-order valence-corrected chi connectivity index (χ1v) is 6.40. The van der Waals surface area contributed by atoms with Crippen LogP contribution in [0.5, 0.6) is 5.75 Å². The Morgan fingerprint density at radius 1 is 1.35 bits per heavy atom. The summed E-state index contributed by atoms with van der Waals surface area (Å²) in [6, 6.07) is 3.98. The van der Waals surface area contributed by atoms with E-state index in [1.54, 1.807) is 0 Å². The van der Waals surface area contributed by atoms with Crippen molar-refractivity contribution in [1.29, 1.82) is 0 Å². The van der Waals surface area contributed by atoms with Crippen LogP contribution in [0.1, 0.15) is 19.3 Å². The Hall–Kier alpha value is -2.11. The van der Waals surface area contributed by atoms with Crippen molar-refractivity contribution < 1.29 is 23.8 Å². The molecule has 0 aromatic heterocycles. The van der Waals surface area contributed by atoms with Gasteiger partial charge in [-0.15, -0.1) is 0 Å². The lowest BCUT2D eigenvalue weighted by atomic mass is 9.95. The van der Waals surface area contributed by atoms with Crippen molar-refractivity contribution >= 4 is 17.6 Å². The maximum atomic E-state index is 13.3. The van der Waals surface area contributed by atoms with Crippen molar-refractivity contribution in [1.82, 2.24) is 0 Å². The van der Waals surface area contributed by atoms with Crippen LogP contribution in [-0.2, 0) is 9.59 Å². The van der Waals surface area contributed by atoms with E-state index in [1.165, 1.54) is 25.3 Å². The molecule has 1 amide bonds. The van der Waals surface area contributed by atoms with E-state index < -0.39 is 23.6 Å². The van der Waals surface area contributed by atoms with E-state index in [-0.39, 0.29) is 11.7 Å². The number of benzene rings is 1. The largest absolute Gasteiger partial charge is 0.494 e. The molecule has 6 heteroatoms. The maximum absolute atomic E-state index is 13.3. The molecule has 2 atom stereocenters. The van der Waals surface area contributed by atoms with Crippen LogP contribution in [-0.4, -0.2) is 24.1 Å². The van der Waals surface area contributed by atoms with Gasteiger partial charge >= 0.3 is 5.97 Å². The number of carboxylic acid groups (broad SMARTS) is 1. The molecule has 1 saturated carbocycles. The number of aliphatic carboxylic acids is 1. The molecule has 2 N–H and O–H groups in total. The molecule has 0 saturated heterocycles. The van der Waals surface area contributed by atoms with E-state index >= 15 is 0 Å². The summed E-state index contributed by atoms with van der Waals surface area (Å²) in [4.78, 5) is 23.2. The van der Waals surface area contributed by atoms with Crippen LogP contribution in [0.4, 0.5) is 10.1 Å². The lowest BCUT2D eigenvalue weighted by Crippen LogP contribution is -2.30. The molecule has 5 nitrogen and oxygen atoms in total. The molecule has 108 valence electrons. The van der Waals surface area contributed by atoms with Gasteiger partial charge in [-0.2, -0.15) is 0 Å². The fourth-order valence-electron chi connectivity index (χ4n) is 2.54. The molecule has 1 aliphatic rings. The molecule has 1 aliphatic carbocycles. The topological polar surface area (TPSA) is 75.6 Å². The summed E-state index contributed by atoms with van der Waals surface area (Å²) in [5.41, 5.74) is 0.393. The third-order valence-electron chi connectivity index (χ3n) is 3.59. The number of hydrogen-bond acceptors (Lipinski definition) is 3. The van der Waals surface area contributed by atoms with Crippen molar-refractivity contribution in [2.45, 2.75) is 19.3 Å². The molecule has 0 bridgehead atoms. The first-order chi connectivity index (χ1) is 9.52. The van der Waals surface area contributed by atoms with Gasteiger partial charge in [0.2, 0.25) is 5.91 Å². The van der Waals surface area contributed by atoms with Gasteiger partial charge in [0.15, 0.2) is 11.6 Å². The van der Waals surface area contributed by atoms with Gasteiger partial charge in [0.1, 0.15) is 0 Å². The molecular weight excluding hydrogens is 265 g/mol. The Morgan fingerprint density at radius 2 is 2.05 bits per heavy atom. The van der Waals surface area contributed by atoms with Gasteiger partial charge in [-0.1, -0.05) is 6.42 Å². The number of carbonyl (C=O) groups excluding carboxylic acids is 1. The van der Waals surface area contributed by atoms with Crippen LogP contribution in [0, 0.1) is 17.7 Å². The quantitative estimate of drug-likeness (QED) is 0.887. The van der Waals surface area contributed by atoms with Crippen LogP contribution >= 0.6 is 0 Å². The third kappa shape index (κ3) is 2.89. The molecule has 0 aliphatic heterocycles. The highest BCUT2D eigenvalue weighted by molar-refractivity contribution is 5.95. The second-order valence-corrected chi connectivity index (χ2v) is 4.82. The number of carbonyl (C=O) groups is 2. The van der Waals surface area contributed by atoms with E-state index in [0.29, 0.717) is 18.5 Å². The minimum absolute atomic E-state index is 0.0315. The van der Waals surface area contributed by atoms with Gasteiger partial charge in [0.25, 0.3) is 0 Å². The van der Waals surface area contributed by atoms with Gasteiger partial charge in [0, 0.05) is 11.8 Å². The summed E-state index contributed by atoms with van der Waals surface area (Å²) in [7, 11) is 1.33. The number of nitrogens with one attached hydrogen (secondary N) is 1. The number of rotatable bonds is 4. The zero-order chi connectivity index (χ0) is 14.7. The average molecular weight is 281 g/mol. The highest BCUT2D eigenvalue weighted by atomic mass is 19.1. The van der Waals surface area contributed by atoms with Crippen molar-refractivity contribution in [3.05, 3.63) is 24.0 Å². The maximum Gasteiger partial charge on any atom is 0.307 e. The summed E-state index contributed by atoms with van der Waals surface area (Å²) in [5.74, 6) is -2.96. The highest BCUT2D eigenvalue weighted by Crippen LogP contribution is 2.33. The van der Waals surface area contributed by atoms with Crippen LogP contribution in [0.15, 0.2) is 18.2 Å². The smallest absolute Gasteiger partial charge is 0.307 e. The Kier molecular flexibility index (Phi) is 4.22. The Balaban J connectivity index is 2.09.